The second kappa shape index (κ2) is 7.92. The van der Waals surface area contributed by atoms with Gasteiger partial charge in [0.25, 0.3) is 5.56 Å². The van der Waals surface area contributed by atoms with Crippen LogP contribution in [-0.4, -0.2) is 34.7 Å². The number of hydrogen-bond donors (Lipinski definition) is 3. The van der Waals surface area contributed by atoms with Crippen molar-refractivity contribution in [1.29, 1.82) is 0 Å². The van der Waals surface area contributed by atoms with E-state index in [1.54, 1.807) is 0 Å². The Morgan fingerprint density at radius 3 is 2.92 bits per heavy atom. The zero-order chi connectivity index (χ0) is 18.7. The van der Waals surface area contributed by atoms with E-state index in [0.29, 0.717) is 10.6 Å². The molecule has 10 heteroatoms. The molecule has 138 valence electrons. The number of ether oxygens (including phenoxy) is 1. The molecule has 3 rings (SSSR count). The van der Waals surface area contributed by atoms with Crippen molar-refractivity contribution in [1.82, 2.24) is 9.97 Å². The second-order valence-corrected chi connectivity index (χ2v) is 7.79. The lowest BCUT2D eigenvalue weighted by Gasteiger charge is -2.11. The van der Waals surface area contributed by atoms with E-state index in [4.69, 9.17) is 10.5 Å². The number of thiophene rings is 1. The largest absolute Gasteiger partial charge is 0.465 e. The number of carbonyl (C=O) groups is 2. The molecular weight excluding hydrogens is 376 g/mol. The Bertz CT molecular complexity index is 906. The molecule has 2 aromatic rings. The van der Waals surface area contributed by atoms with Crippen molar-refractivity contribution in [3.63, 3.8) is 0 Å². The summed E-state index contributed by atoms with van der Waals surface area (Å²) in [6.45, 7) is 0. The van der Waals surface area contributed by atoms with Crippen LogP contribution in [0.2, 0.25) is 0 Å². The van der Waals surface area contributed by atoms with E-state index in [2.05, 4.69) is 15.3 Å². The van der Waals surface area contributed by atoms with Crippen molar-refractivity contribution in [3.05, 3.63) is 32.4 Å². The molecule has 0 unspecified atom stereocenters. The van der Waals surface area contributed by atoms with Gasteiger partial charge >= 0.3 is 5.97 Å². The Kier molecular flexibility index (Phi) is 5.62. The van der Waals surface area contributed by atoms with E-state index in [1.165, 1.54) is 24.5 Å². The number of aryl methyl sites for hydroxylation is 1. The molecule has 2 aromatic heterocycles. The highest BCUT2D eigenvalue weighted by molar-refractivity contribution is 7.99. The molecule has 1 amide bonds. The molecule has 0 saturated heterocycles. The van der Waals surface area contributed by atoms with Crippen molar-refractivity contribution < 1.29 is 14.3 Å². The van der Waals surface area contributed by atoms with Crippen LogP contribution in [0.3, 0.4) is 0 Å². The quantitative estimate of drug-likeness (QED) is 0.401. The average Bonchev–Trinajstić information content (AvgIpc) is 2.96. The second-order valence-electron chi connectivity index (χ2n) is 5.72. The van der Waals surface area contributed by atoms with E-state index in [9.17, 15) is 14.4 Å². The van der Waals surface area contributed by atoms with E-state index < -0.39 is 5.97 Å². The predicted octanol–water partition coefficient (Wildman–Crippen LogP) is 1.81. The van der Waals surface area contributed by atoms with E-state index in [-0.39, 0.29) is 28.2 Å². The summed E-state index contributed by atoms with van der Waals surface area (Å²) in [6.07, 6.45) is 3.82. The van der Waals surface area contributed by atoms with Gasteiger partial charge in [0.05, 0.1) is 18.4 Å². The molecule has 26 heavy (non-hydrogen) atoms. The van der Waals surface area contributed by atoms with Crippen molar-refractivity contribution in [3.8, 4) is 0 Å². The number of rotatable bonds is 5. The topological polar surface area (TPSA) is 127 Å². The number of carbonyl (C=O) groups excluding carboxylic acids is 2. The summed E-state index contributed by atoms with van der Waals surface area (Å²) in [5.74, 6) is -0.621. The van der Waals surface area contributed by atoms with Gasteiger partial charge in [-0.15, -0.1) is 11.3 Å². The molecule has 1 aliphatic carbocycles. The fraction of sp³-hybridized carbons (Fsp3) is 0.375. The van der Waals surface area contributed by atoms with Gasteiger partial charge in [-0.25, -0.2) is 9.78 Å². The first-order valence-electron chi connectivity index (χ1n) is 8.00. The number of methoxy groups -OCH3 is 1. The highest BCUT2D eigenvalue weighted by Gasteiger charge is 2.26. The maximum atomic E-state index is 12.3. The first-order valence-corrected chi connectivity index (χ1v) is 9.80. The Morgan fingerprint density at radius 2 is 2.19 bits per heavy atom. The summed E-state index contributed by atoms with van der Waals surface area (Å²) in [5.41, 5.74) is 6.59. The van der Waals surface area contributed by atoms with Crippen molar-refractivity contribution in [2.45, 2.75) is 30.8 Å². The molecule has 0 saturated carbocycles. The highest BCUT2D eigenvalue weighted by atomic mass is 32.2. The van der Waals surface area contributed by atoms with Crippen molar-refractivity contribution >= 4 is 45.8 Å². The minimum Gasteiger partial charge on any atom is -0.465 e. The van der Waals surface area contributed by atoms with E-state index in [0.717, 1.165) is 47.9 Å². The van der Waals surface area contributed by atoms with Gasteiger partial charge in [-0.2, -0.15) is 0 Å². The summed E-state index contributed by atoms with van der Waals surface area (Å²) in [7, 11) is 1.33. The van der Waals surface area contributed by atoms with Gasteiger partial charge in [0, 0.05) is 10.9 Å². The van der Waals surface area contributed by atoms with E-state index in [1.807, 2.05) is 0 Å². The molecule has 1 aliphatic rings. The number of H-pyrrole nitrogens is 1. The van der Waals surface area contributed by atoms with Gasteiger partial charge in [-0.3, -0.25) is 9.59 Å². The predicted molar refractivity (Wildman–Crippen MR) is 101 cm³/mol. The van der Waals surface area contributed by atoms with Crippen LogP contribution in [-0.2, 0) is 22.4 Å². The number of nitrogens with two attached hydrogens (primary N) is 1. The van der Waals surface area contributed by atoms with Crippen LogP contribution in [0.4, 0.5) is 10.8 Å². The van der Waals surface area contributed by atoms with Crippen molar-refractivity contribution in [2.75, 3.05) is 23.9 Å². The standard InChI is InChI=1S/C16H18N4O4S2/c1-24-15(23)13-8-4-2-3-5-9(8)26-14(13)19-12(22)7-25-16-18-10(17)6-11(21)20-16/h6H,2-5,7H2,1H3,(H,19,22)(H3,17,18,20,21). The van der Waals surface area contributed by atoms with Crippen LogP contribution in [0.25, 0.3) is 0 Å². The van der Waals surface area contributed by atoms with Gasteiger partial charge in [0.15, 0.2) is 5.16 Å². The molecule has 0 spiro atoms. The fourth-order valence-corrected chi connectivity index (χ4v) is 4.77. The van der Waals surface area contributed by atoms with Gasteiger partial charge in [-0.1, -0.05) is 11.8 Å². The number of aromatic nitrogens is 2. The monoisotopic (exact) mass is 394 g/mol. The lowest BCUT2D eigenvalue weighted by molar-refractivity contribution is -0.113. The fourth-order valence-electron chi connectivity index (χ4n) is 2.79. The first-order chi connectivity index (χ1) is 12.5. The molecule has 0 fully saturated rings. The Balaban J connectivity index is 1.73. The van der Waals surface area contributed by atoms with Gasteiger partial charge in [-0.05, 0) is 31.2 Å². The summed E-state index contributed by atoms with van der Waals surface area (Å²) in [4.78, 5) is 43.4. The highest BCUT2D eigenvalue weighted by Crippen LogP contribution is 2.38. The SMILES string of the molecule is COC(=O)c1c(NC(=O)CSc2nc(N)cc(=O)[nH]2)sc2c1CCCC2. The summed E-state index contributed by atoms with van der Waals surface area (Å²) in [5, 5.41) is 3.57. The molecule has 0 atom stereocenters. The molecule has 0 aliphatic heterocycles. The third-order valence-electron chi connectivity index (χ3n) is 3.89. The van der Waals surface area contributed by atoms with Crippen LogP contribution in [0.1, 0.15) is 33.6 Å². The number of aromatic amines is 1. The number of amides is 1. The minimum atomic E-state index is -0.436. The Morgan fingerprint density at radius 1 is 1.42 bits per heavy atom. The molecule has 0 bridgehead atoms. The minimum absolute atomic E-state index is 0.0234. The molecular formula is C16H18N4O4S2. The zero-order valence-electron chi connectivity index (χ0n) is 14.1. The number of nitrogen functional groups attached to an aromatic ring is 1. The maximum Gasteiger partial charge on any atom is 0.341 e. The third-order valence-corrected chi connectivity index (χ3v) is 5.97. The molecule has 0 aromatic carbocycles. The van der Waals surface area contributed by atoms with Crippen LogP contribution in [0.5, 0.6) is 0 Å². The van der Waals surface area contributed by atoms with Crippen LogP contribution in [0.15, 0.2) is 16.0 Å². The summed E-state index contributed by atoms with van der Waals surface area (Å²) < 4.78 is 4.89. The number of hydrogen-bond acceptors (Lipinski definition) is 8. The molecule has 2 heterocycles. The number of fused-ring (bicyclic) bond motifs is 1. The van der Waals surface area contributed by atoms with Crippen LogP contribution < -0.4 is 16.6 Å². The first kappa shape index (κ1) is 18.5. The molecule has 4 N–H and O–H groups in total. The smallest absolute Gasteiger partial charge is 0.341 e. The summed E-state index contributed by atoms with van der Waals surface area (Å²) in [6, 6.07) is 1.17. The summed E-state index contributed by atoms with van der Waals surface area (Å²) >= 11 is 2.49. The van der Waals surface area contributed by atoms with Crippen molar-refractivity contribution in [2.24, 2.45) is 0 Å². The molecule has 8 nitrogen and oxygen atoms in total. The third kappa shape index (κ3) is 4.07. The number of anilines is 2. The zero-order valence-corrected chi connectivity index (χ0v) is 15.7. The van der Waals surface area contributed by atoms with Gasteiger partial charge < -0.3 is 20.8 Å². The van der Waals surface area contributed by atoms with Crippen LogP contribution in [0, 0.1) is 0 Å². The Labute approximate surface area is 157 Å². The van der Waals surface area contributed by atoms with Crippen LogP contribution >= 0.6 is 23.1 Å². The average molecular weight is 394 g/mol. The number of nitrogens with one attached hydrogen (secondary N) is 2. The number of nitrogens with zero attached hydrogens (tertiary/aromatic N) is 1. The van der Waals surface area contributed by atoms with Gasteiger partial charge in [0.1, 0.15) is 10.8 Å². The number of thioether (sulfide) groups is 1. The lowest BCUT2D eigenvalue weighted by atomic mass is 9.95. The lowest BCUT2D eigenvalue weighted by Crippen LogP contribution is -2.17. The molecule has 0 radical (unpaired) electrons. The van der Waals surface area contributed by atoms with E-state index >= 15 is 0 Å². The Hall–Kier alpha value is -2.33. The number of esters is 1. The normalized spacial score (nSPS) is 13.1. The van der Waals surface area contributed by atoms with Gasteiger partial charge in [0.2, 0.25) is 5.91 Å². The maximum absolute atomic E-state index is 12.3.